The van der Waals surface area contributed by atoms with Gasteiger partial charge in [0.1, 0.15) is 5.82 Å². The van der Waals surface area contributed by atoms with Gasteiger partial charge in [-0.25, -0.2) is 4.39 Å². The van der Waals surface area contributed by atoms with Crippen LogP contribution in [0.25, 0.3) is 0 Å². The number of aromatic nitrogens is 1. The van der Waals surface area contributed by atoms with Gasteiger partial charge in [-0.15, -0.1) is 0 Å². The number of nitrogen functional groups attached to an aromatic ring is 1. The number of rotatable bonds is 3. The Hall–Kier alpha value is -2.10. The highest BCUT2D eigenvalue weighted by Crippen LogP contribution is 2.11. The fourth-order valence-corrected chi connectivity index (χ4v) is 1.38. The highest BCUT2D eigenvalue weighted by Gasteiger charge is 1.97. The molecular weight excluding hydrogens is 205 g/mol. The van der Waals surface area contributed by atoms with Gasteiger partial charge < -0.3 is 11.1 Å². The zero-order valence-corrected chi connectivity index (χ0v) is 8.65. The van der Waals surface area contributed by atoms with Crippen molar-refractivity contribution in [2.24, 2.45) is 0 Å². The molecule has 1 heterocycles. The van der Waals surface area contributed by atoms with Crippen molar-refractivity contribution in [1.82, 2.24) is 4.98 Å². The molecule has 0 aliphatic heterocycles. The number of nitrogens with one attached hydrogen (secondary N) is 1. The van der Waals surface area contributed by atoms with E-state index < -0.39 is 0 Å². The minimum Gasteiger partial charge on any atom is -0.399 e. The minimum atomic E-state index is -0.259. The smallest absolute Gasteiger partial charge is 0.125 e. The summed E-state index contributed by atoms with van der Waals surface area (Å²) >= 11 is 0. The summed E-state index contributed by atoms with van der Waals surface area (Å²) in [6.07, 6.45) is 1.65. The second-order valence-corrected chi connectivity index (χ2v) is 3.44. The van der Waals surface area contributed by atoms with E-state index in [4.69, 9.17) is 5.73 Å². The molecule has 0 aliphatic rings. The first-order valence-electron chi connectivity index (χ1n) is 4.94. The lowest BCUT2D eigenvalue weighted by Crippen LogP contribution is -2.02. The number of benzene rings is 1. The first kappa shape index (κ1) is 10.4. The van der Waals surface area contributed by atoms with Crippen LogP contribution < -0.4 is 11.1 Å². The van der Waals surface area contributed by atoms with E-state index in [-0.39, 0.29) is 5.82 Å². The Kier molecular flexibility index (Phi) is 3.00. The second-order valence-electron chi connectivity index (χ2n) is 3.44. The molecule has 0 radical (unpaired) electrons. The fraction of sp³-hybridized carbons (Fsp3) is 0.0833. The van der Waals surface area contributed by atoms with Gasteiger partial charge >= 0.3 is 0 Å². The van der Waals surface area contributed by atoms with Crippen molar-refractivity contribution in [1.29, 1.82) is 0 Å². The highest BCUT2D eigenvalue weighted by atomic mass is 19.1. The topological polar surface area (TPSA) is 50.9 Å². The number of pyridine rings is 1. The maximum absolute atomic E-state index is 12.9. The van der Waals surface area contributed by atoms with Gasteiger partial charge in [-0.3, -0.25) is 4.98 Å². The molecule has 1 aromatic heterocycles. The predicted molar refractivity (Wildman–Crippen MR) is 62.4 cm³/mol. The number of hydrogen-bond acceptors (Lipinski definition) is 3. The molecule has 0 aliphatic carbocycles. The normalized spacial score (nSPS) is 10.1. The van der Waals surface area contributed by atoms with Gasteiger partial charge in [0, 0.05) is 17.6 Å². The van der Waals surface area contributed by atoms with E-state index in [0.717, 1.165) is 11.4 Å². The van der Waals surface area contributed by atoms with Crippen molar-refractivity contribution < 1.29 is 4.39 Å². The van der Waals surface area contributed by atoms with Crippen LogP contribution in [0.2, 0.25) is 0 Å². The van der Waals surface area contributed by atoms with E-state index in [1.165, 1.54) is 12.1 Å². The summed E-state index contributed by atoms with van der Waals surface area (Å²) < 4.78 is 12.9. The quantitative estimate of drug-likeness (QED) is 0.830. The molecule has 0 unspecified atom stereocenters. The molecule has 16 heavy (non-hydrogen) atoms. The molecule has 2 rings (SSSR count). The Morgan fingerprint density at radius 3 is 2.88 bits per heavy atom. The third-order valence-corrected chi connectivity index (χ3v) is 2.14. The van der Waals surface area contributed by atoms with Crippen molar-refractivity contribution in [3.8, 4) is 0 Å². The van der Waals surface area contributed by atoms with Crippen LogP contribution in [0.1, 0.15) is 5.69 Å². The van der Waals surface area contributed by atoms with Crippen LogP contribution in [-0.2, 0) is 6.54 Å². The van der Waals surface area contributed by atoms with Gasteiger partial charge in [0.2, 0.25) is 0 Å². The molecule has 0 spiro atoms. The van der Waals surface area contributed by atoms with Gasteiger partial charge in [-0.1, -0.05) is 6.07 Å². The number of hydrogen-bond donors (Lipinski definition) is 2. The summed E-state index contributed by atoms with van der Waals surface area (Å²) in [5, 5.41) is 3.07. The van der Waals surface area contributed by atoms with Crippen LogP contribution in [-0.4, -0.2) is 4.98 Å². The van der Waals surface area contributed by atoms with E-state index in [0.29, 0.717) is 12.2 Å². The molecule has 82 valence electrons. The molecule has 1 aromatic carbocycles. The Labute approximate surface area is 93.1 Å². The van der Waals surface area contributed by atoms with E-state index in [9.17, 15) is 4.39 Å². The molecule has 0 atom stereocenters. The highest BCUT2D eigenvalue weighted by molar-refractivity contribution is 5.44. The summed E-state index contributed by atoms with van der Waals surface area (Å²) in [6.45, 7) is 0.522. The lowest BCUT2D eigenvalue weighted by Gasteiger charge is -2.06. The van der Waals surface area contributed by atoms with Crippen LogP contribution >= 0.6 is 0 Å². The molecule has 2 aromatic rings. The Bertz CT molecular complexity index is 440. The lowest BCUT2D eigenvalue weighted by atomic mass is 10.3. The third kappa shape index (κ3) is 2.70. The monoisotopic (exact) mass is 217 g/mol. The zero-order valence-electron chi connectivity index (χ0n) is 8.65. The standard InChI is InChI=1S/C12H12FN3/c13-9-2-1-3-11(6-9)16-8-12-7-10(14)4-5-15-12/h1-7,16H,8H2,(H2,14,15). The second kappa shape index (κ2) is 4.61. The molecule has 3 nitrogen and oxygen atoms in total. The van der Waals surface area contributed by atoms with Crippen molar-refractivity contribution >= 4 is 11.4 Å². The van der Waals surface area contributed by atoms with Gasteiger partial charge in [-0.05, 0) is 30.3 Å². The molecule has 0 fully saturated rings. The molecule has 0 saturated carbocycles. The number of nitrogens with zero attached hydrogens (tertiary/aromatic N) is 1. The Morgan fingerprint density at radius 1 is 1.25 bits per heavy atom. The summed E-state index contributed by atoms with van der Waals surface area (Å²) in [5.74, 6) is -0.259. The predicted octanol–water partition coefficient (Wildman–Crippen LogP) is 2.42. The molecule has 4 heteroatoms. The fourth-order valence-electron chi connectivity index (χ4n) is 1.38. The maximum Gasteiger partial charge on any atom is 0.125 e. The molecular formula is C12H12FN3. The van der Waals surface area contributed by atoms with Crippen LogP contribution in [0.4, 0.5) is 15.8 Å². The Morgan fingerprint density at radius 2 is 2.12 bits per heavy atom. The summed E-state index contributed by atoms with van der Waals surface area (Å²) in [4.78, 5) is 4.14. The largest absolute Gasteiger partial charge is 0.399 e. The lowest BCUT2D eigenvalue weighted by molar-refractivity contribution is 0.628. The average molecular weight is 217 g/mol. The molecule has 0 saturated heterocycles. The van der Waals surface area contributed by atoms with Crippen molar-refractivity contribution in [3.05, 3.63) is 54.1 Å². The van der Waals surface area contributed by atoms with Gasteiger partial charge in [0.15, 0.2) is 0 Å². The van der Waals surface area contributed by atoms with E-state index >= 15 is 0 Å². The summed E-state index contributed by atoms with van der Waals surface area (Å²) in [6, 6.07) is 9.81. The van der Waals surface area contributed by atoms with E-state index in [1.54, 1.807) is 30.5 Å². The van der Waals surface area contributed by atoms with Crippen LogP contribution in [0.5, 0.6) is 0 Å². The van der Waals surface area contributed by atoms with Crippen LogP contribution in [0.3, 0.4) is 0 Å². The molecule has 0 bridgehead atoms. The zero-order chi connectivity index (χ0) is 11.4. The molecule has 0 amide bonds. The van der Waals surface area contributed by atoms with Crippen molar-refractivity contribution in [2.75, 3.05) is 11.1 Å². The number of nitrogens with two attached hydrogens (primary N) is 1. The maximum atomic E-state index is 12.9. The molecule has 3 N–H and O–H groups in total. The first-order chi connectivity index (χ1) is 7.74. The van der Waals surface area contributed by atoms with Gasteiger partial charge in [0.25, 0.3) is 0 Å². The van der Waals surface area contributed by atoms with Gasteiger partial charge in [-0.2, -0.15) is 0 Å². The van der Waals surface area contributed by atoms with Gasteiger partial charge in [0.05, 0.1) is 12.2 Å². The summed E-state index contributed by atoms with van der Waals surface area (Å²) in [7, 11) is 0. The summed E-state index contributed by atoms with van der Waals surface area (Å²) in [5.41, 5.74) is 7.85. The van der Waals surface area contributed by atoms with Crippen molar-refractivity contribution in [2.45, 2.75) is 6.54 Å². The van der Waals surface area contributed by atoms with Crippen LogP contribution in [0.15, 0.2) is 42.6 Å². The van der Waals surface area contributed by atoms with Crippen molar-refractivity contribution in [3.63, 3.8) is 0 Å². The third-order valence-electron chi connectivity index (χ3n) is 2.14. The SMILES string of the molecule is Nc1ccnc(CNc2cccc(F)c2)c1. The number of halogens is 1. The number of anilines is 2. The van der Waals surface area contributed by atoms with E-state index in [2.05, 4.69) is 10.3 Å². The van der Waals surface area contributed by atoms with E-state index in [1.807, 2.05) is 0 Å². The van der Waals surface area contributed by atoms with Crippen LogP contribution in [0, 0.1) is 5.82 Å². The Balaban J connectivity index is 2.02. The first-order valence-corrected chi connectivity index (χ1v) is 4.94. The average Bonchev–Trinajstić information content (AvgIpc) is 2.27. The minimum absolute atomic E-state index is 0.259.